The Morgan fingerprint density at radius 1 is 1.60 bits per heavy atom. The lowest BCUT2D eigenvalue weighted by molar-refractivity contribution is -0.117. The monoisotopic (exact) mass is 159 g/mol. The van der Waals surface area contributed by atoms with Gasteiger partial charge in [0.15, 0.2) is 5.11 Å². The normalized spacial score (nSPS) is 8.10. The third-order valence-electron chi connectivity index (χ3n) is 0.687. The van der Waals surface area contributed by atoms with Crippen LogP contribution in [-0.4, -0.2) is 11.0 Å². The zero-order chi connectivity index (χ0) is 8.15. The Balaban J connectivity index is 3.60. The van der Waals surface area contributed by atoms with E-state index in [1.165, 1.54) is 0 Å². The highest BCUT2D eigenvalue weighted by Gasteiger charge is 1.98. The van der Waals surface area contributed by atoms with E-state index in [4.69, 9.17) is 5.73 Å². The molecule has 0 aliphatic heterocycles. The van der Waals surface area contributed by atoms with Gasteiger partial charge in [0.1, 0.15) is 0 Å². The van der Waals surface area contributed by atoms with Crippen molar-refractivity contribution in [1.29, 1.82) is 0 Å². The lowest BCUT2D eigenvalue weighted by atomic mass is 10.3. The second kappa shape index (κ2) is 3.84. The zero-order valence-corrected chi connectivity index (χ0v) is 6.42. The van der Waals surface area contributed by atoms with Crippen LogP contribution in [0.4, 0.5) is 0 Å². The number of nitrogens with one attached hydrogen (secondary N) is 2. The fraction of sp³-hybridized carbons (Fsp3) is 0.200. The topological polar surface area (TPSA) is 67.2 Å². The van der Waals surface area contributed by atoms with E-state index in [1.54, 1.807) is 6.92 Å². The summed E-state index contributed by atoms with van der Waals surface area (Å²) in [5.41, 5.74) is 9.91. The molecule has 0 bridgehead atoms. The molecule has 0 aliphatic carbocycles. The summed E-state index contributed by atoms with van der Waals surface area (Å²) in [6.07, 6.45) is 0. The molecule has 0 unspecified atom stereocenters. The Morgan fingerprint density at radius 2 is 2.10 bits per heavy atom. The lowest BCUT2D eigenvalue weighted by Gasteiger charge is -2.04. The highest BCUT2D eigenvalue weighted by molar-refractivity contribution is 7.80. The smallest absolute Gasteiger partial charge is 0.264 e. The molecule has 0 saturated carbocycles. The number of hydrogen-bond donors (Lipinski definition) is 3. The van der Waals surface area contributed by atoms with Crippen molar-refractivity contribution in [3.63, 3.8) is 0 Å². The fourth-order valence-electron chi connectivity index (χ4n) is 0.225. The maximum Gasteiger partial charge on any atom is 0.264 e. The lowest BCUT2D eigenvalue weighted by Crippen LogP contribution is -2.44. The number of amides is 1. The van der Waals surface area contributed by atoms with Crippen LogP contribution in [0.15, 0.2) is 12.2 Å². The number of hydrazine groups is 1. The van der Waals surface area contributed by atoms with Crippen LogP contribution in [0.5, 0.6) is 0 Å². The third kappa shape index (κ3) is 3.85. The summed E-state index contributed by atoms with van der Waals surface area (Å²) < 4.78 is 0. The van der Waals surface area contributed by atoms with Crippen LogP contribution in [0.2, 0.25) is 0 Å². The van der Waals surface area contributed by atoms with Gasteiger partial charge >= 0.3 is 0 Å². The van der Waals surface area contributed by atoms with Gasteiger partial charge in [-0.2, -0.15) is 0 Å². The van der Waals surface area contributed by atoms with Crippen LogP contribution >= 0.6 is 12.2 Å². The van der Waals surface area contributed by atoms with Gasteiger partial charge in [0.25, 0.3) is 5.91 Å². The molecule has 0 spiro atoms. The van der Waals surface area contributed by atoms with Gasteiger partial charge in [0.05, 0.1) is 0 Å². The van der Waals surface area contributed by atoms with E-state index >= 15 is 0 Å². The number of thiocarbonyl (C=S) groups is 1. The largest absolute Gasteiger partial charge is 0.375 e. The molecule has 0 heterocycles. The molecule has 0 saturated heterocycles. The molecule has 0 rings (SSSR count). The van der Waals surface area contributed by atoms with Crippen molar-refractivity contribution in [3.8, 4) is 0 Å². The second-order valence-corrected chi connectivity index (χ2v) is 2.16. The molecule has 0 aromatic carbocycles. The van der Waals surface area contributed by atoms with E-state index in [9.17, 15) is 4.79 Å². The van der Waals surface area contributed by atoms with Crippen molar-refractivity contribution in [1.82, 2.24) is 10.9 Å². The number of carbonyl (C=O) groups is 1. The Labute approximate surface area is 64.4 Å². The molecule has 56 valence electrons. The van der Waals surface area contributed by atoms with Gasteiger partial charge in [0.2, 0.25) is 0 Å². The van der Waals surface area contributed by atoms with Crippen LogP contribution in [0.25, 0.3) is 0 Å². The molecule has 0 radical (unpaired) electrons. The Morgan fingerprint density at radius 3 is 2.40 bits per heavy atom. The van der Waals surface area contributed by atoms with E-state index < -0.39 is 0 Å². The van der Waals surface area contributed by atoms with Crippen LogP contribution in [0.3, 0.4) is 0 Å². The quantitative estimate of drug-likeness (QED) is 0.272. The van der Waals surface area contributed by atoms with Crippen molar-refractivity contribution < 1.29 is 4.79 Å². The summed E-state index contributed by atoms with van der Waals surface area (Å²) in [7, 11) is 0. The molecule has 4 nitrogen and oxygen atoms in total. The summed E-state index contributed by atoms with van der Waals surface area (Å²) in [4.78, 5) is 10.7. The van der Waals surface area contributed by atoms with Gasteiger partial charge in [-0.3, -0.25) is 15.6 Å². The molecule has 0 aromatic rings. The minimum atomic E-state index is -0.326. The van der Waals surface area contributed by atoms with Crippen LogP contribution in [-0.2, 0) is 4.79 Å². The third-order valence-corrected chi connectivity index (χ3v) is 0.789. The van der Waals surface area contributed by atoms with Gasteiger partial charge in [-0.1, -0.05) is 6.58 Å². The van der Waals surface area contributed by atoms with Crippen LogP contribution in [0.1, 0.15) is 6.92 Å². The van der Waals surface area contributed by atoms with Gasteiger partial charge < -0.3 is 5.73 Å². The van der Waals surface area contributed by atoms with Crippen molar-refractivity contribution >= 4 is 23.2 Å². The number of rotatable bonds is 1. The van der Waals surface area contributed by atoms with Gasteiger partial charge in [-0.05, 0) is 19.1 Å². The molecular formula is C5H9N3OS. The molecule has 10 heavy (non-hydrogen) atoms. The Hall–Kier alpha value is -1.10. The van der Waals surface area contributed by atoms with Crippen molar-refractivity contribution in [2.75, 3.05) is 0 Å². The summed E-state index contributed by atoms with van der Waals surface area (Å²) in [6.45, 7) is 4.98. The van der Waals surface area contributed by atoms with E-state index in [0.29, 0.717) is 5.57 Å². The van der Waals surface area contributed by atoms with Gasteiger partial charge in [-0.15, -0.1) is 0 Å². The fourth-order valence-corrected chi connectivity index (χ4v) is 0.276. The maximum absolute atomic E-state index is 10.7. The summed E-state index contributed by atoms with van der Waals surface area (Å²) >= 11 is 4.42. The van der Waals surface area contributed by atoms with Crippen LogP contribution < -0.4 is 16.6 Å². The van der Waals surface area contributed by atoms with Gasteiger partial charge in [-0.25, -0.2) is 0 Å². The van der Waals surface area contributed by atoms with Crippen molar-refractivity contribution in [3.05, 3.63) is 12.2 Å². The molecule has 0 fully saturated rings. The van der Waals surface area contributed by atoms with Crippen molar-refractivity contribution in [2.24, 2.45) is 5.73 Å². The molecule has 5 heteroatoms. The molecule has 0 aromatic heterocycles. The van der Waals surface area contributed by atoms with Crippen molar-refractivity contribution in [2.45, 2.75) is 6.92 Å². The second-order valence-electron chi connectivity index (χ2n) is 1.72. The number of nitrogens with two attached hydrogens (primary N) is 1. The Bertz CT molecular complexity index is 178. The first-order valence-electron chi connectivity index (χ1n) is 2.55. The minimum absolute atomic E-state index is 0.0228. The summed E-state index contributed by atoms with van der Waals surface area (Å²) in [6, 6.07) is 0. The predicted molar refractivity (Wildman–Crippen MR) is 42.9 cm³/mol. The molecular weight excluding hydrogens is 150 g/mol. The van der Waals surface area contributed by atoms with E-state index in [0.717, 1.165) is 0 Å². The van der Waals surface area contributed by atoms with E-state index in [-0.39, 0.29) is 11.0 Å². The summed E-state index contributed by atoms with van der Waals surface area (Å²) in [5.74, 6) is -0.326. The van der Waals surface area contributed by atoms with E-state index in [2.05, 4.69) is 29.6 Å². The highest BCUT2D eigenvalue weighted by Crippen LogP contribution is 1.82. The van der Waals surface area contributed by atoms with Gasteiger partial charge in [0, 0.05) is 5.57 Å². The minimum Gasteiger partial charge on any atom is -0.375 e. The standard InChI is InChI=1S/C5H9N3OS/c1-3(2)4(9)7-8-5(6)10/h1H2,2H3,(H,7,9)(H3,6,8,10). The first-order valence-corrected chi connectivity index (χ1v) is 2.96. The first kappa shape index (κ1) is 8.90. The van der Waals surface area contributed by atoms with E-state index in [1.807, 2.05) is 0 Å². The van der Waals surface area contributed by atoms with Crippen LogP contribution in [0, 0.1) is 0 Å². The zero-order valence-electron chi connectivity index (χ0n) is 5.60. The molecule has 0 atom stereocenters. The molecule has 0 aliphatic rings. The molecule has 1 amide bonds. The average Bonchev–Trinajstić information content (AvgIpc) is 1.82. The predicted octanol–water partition coefficient (Wildman–Crippen LogP) is -0.573. The maximum atomic E-state index is 10.7. The Kier molecular flexibility index (Phi) is 3.42. The average molecular weight is 159 g/mol. The first-order chi connectivity index (χ1) is 4.54. The SMILES string of the molecule is C=C(C)C(=O)NNC(N)=S. The number of hydrogen-bond acceptors (Lipinski definition) is 2. The summed E-state index contributed by atoms with van der Waals surface area (Å²) in [5, 5.41) is 0.0228. The molecule has 4 N–H and O–H groups in total. The number of carbonyl (C=O) groups excluding carboxylic acids is 1. The highest BCUT2D eigenvalue weighted by atomic mass is 32.1.